The molecule has 3 rings (SSSR count). The first kappa shape index (κ1) is 22.4. The average Bonchev–Trinajstić information content (AvgIpc) is 3.51. The molecule has 0 atom stereocenters. The predicted molar refractivity (Wildman–Crippen MR) is 109 cm³/mol. The Morgan fingerprint density at radius 3 is 2.30 bits per heavy atom. The molecule has 1 aliphatic carbocycles. The molecular formula is C21H19Cl2F3N2O2. The van der Waals surface area contributed by atoms with E-state index < -0.39 is 18.6 Å². The Bertz CT molecular complexity index is 929. The fourth-order valence-electron chi connectivity index (χ4n) is 2.98. The summed E-state index contributed by atoms with van der Waals surface area (Å²) in [6, 6.07) is 11.3. The van der Waals surface area contributed by atoms with Crippen LogP contribution in [0, 0.1) is 0 Å². The summed E-state index contributed by atoms with van der Waals surface area (Å²) in [5, 5.41) is 2.76. The lowest BCUT2D eigenvalue weighted by molar-refractivity contribution is -0.131. The van der Waals surface area contributed by atoms with Gasteiger partial charge < -0.3 is 10.2 Å². The average molecular weight is 459 g/mol. The van der Waals surface area contributed by atoms with Crippen molar-refractivity contribution >= 4 is 35.0 Å². The summed E-state index contributed by atoms with van der Waals surface area (Å²) < 4.78 is 36.7. The third-order valence-electron chi connectivity index (χ3n) is 4.68. The summed E-state index contributed by atoms with van der Waals surface area (Å²) in [6.07, 6.45) is -2.49. The molecule has 1 saturated carbocycles. The third-order valence-corrected chi connectivity index (χ3v) is 5.27. The minimum Gasteiger partial charge on any atom is -0.343 e. The number of nitrogens with one attached hydrogen (secondary N) is 1. The zero-order valence-electron chi connectivity index (χ0n) is 15.8. The molecule has 2 aromatic carbocycles. The van der Waals surface area contributed by atoms with Crippen LogP contribution in [0.2, 0.25) is 10.0 Å². The minimum absolute atomic E-state index is 0.0753. The zero-order valence-corrected chi connectivity index (χ0v) is 17.3. The van der Waals surface area contributed by atoms with Gasteiger partial charge in [0, 0.05) is 28.2 Å². The molecule has 160 valence electrons. The first-order valence-corrected chi connectivity index (χ1v) is 10.1. The number of nitrogens with zero attached hydrogens (tertiary/aromatic N) is 1. The van der Waals surface area contributed by atoms with Crippen LogP contribution in [-0.4, -0.2) is 35.5 Å². The van der Waals surface area contributed by atoms with Crippen molar-refractivity contribution in [3.8, 4) is 0 Å². The van der Waals surface area contributed by atoms with Gasteiger partial charge in [0.1, 0.15) is 6.54 Å². The van der Waals surface area contributed by atoms with Crippen LogP contribution in [-0.2, 0) is 17.8 Å². The van der Waals surface area contributed by atoms with Crippen molar-refractivity contribution in [2.75, 3.05) is 6.54 Å². The number of amides is 2. The van der Waals surface area contributed by atoms with Crippen molar-refractivity contribution in [2.24, 2.45) is 0 Å². The van der Waals surface area contributed by atoms with Crippen LogP contribution in [0.25, 0.3) is 0 Å². The maximum absolute atomic E-state index is 12.9. The van der Waals surface area contributed by atoms with E-state index in [1.165, 1.54) is 12.1 Å². The van der Waals surface area contributed by atoms with E-state index in [2.05, 4.69) is 0 Å². The molecule has 1 N–H and O–H groups in total. The van der Waals surface area contributed by atoms with Crippen LogP contribution in [0.4, 0.5) is 13.2 Å². The highest BCUT2D eigenvalue weighted by Crippen LogP contribution is 2.30. The smallest absolute Gasteiger partial charge is 0.343 e. The second kappa shape index (κ2) is 9.27. The largest absolute Gasteiger partial charge is 0.405 e. The lowest BCUT2D eigenvalue weighted by atomic mass is 10.1. The molecule has 0 spiro atoms. The van der Waals surface area contributed by atoms with Gasteiger partial charge in [0.25, 0.3) is 5.91 Å². The maximum atomic E-state index is 12.9. The van der Waals surface area contributed by atoms with Crippen molar-refractivity contribution in [2.45, 2.75) is 38.0 Å². The fourth-order valence-corrected chi connectivity index (χ4v) is 3.45. The van der Waals surface area contributed by atoms with Crippen LogP contribution in [0.1, 0.15) is 34.3 Å². The maximum Gasteiger partial charge on any atom is 0.405 e. The van der Waals surface area contributed by atoms with Gasteiger partial charge in [-0.25, -0.2) is 0 Å². The van der Waals surface area contributed by atoms with Crippen LogP contribution >= 0.6 is 23.2 Å². The van der Waals surface area contributed by atoms with E-state index in [-0.39, 0.29) is 23.9 Å². The van der Waals surface area contributed by atoms with Gasteiger partial charge in [0.2, 0.25) is 5.91 Å². The summed E-state index contributed by atoms with van der Waals surface area (Å²) in [5.41, 5.74) is 1.60. The Kier molecular flexibility index (Phi) is 6.93. The minimum atomic E-state index is -4.46. The van der Waals surface area contributed by atoms with Gasteiger partial charge in [-0.3, -0.25) is 9.59 Å². The number of benzene rings is 2. The molecule has 4 nitrogen and oxygen atoms in total. The highest BCUT2D eigenvalue weighted by Gasteiger charge is 2.32. The number of hydrogen-bond donors (Lipinski definition) is 1. The molecule has 0 radical (unpaired) electrons. The Hall–Kier alpha value is -2.25. The summed E-state index contributed by atoms with van der Waals surface area (Å²) >= 11 is 12.1. The molecule has 2 aromatic rings. The molecule has 0 heterocycles. The van der Waals surface area contributed by atoms with Crippen molar-refractivity contribution in [3.05, 3.63) is 69.2 Å². The van der Waals surface area contributed by atoms with Crippen molar-refractivity contribution in [1.82, 2.24) is 10.2 Å². The van der Waals surface area contributed by atoms with E-state index in [0.717, 1.165) is 18.4 Å². The Labute approximate surface area is 182 Å². The first-order valence-electron chi connectivity index (χ1n) is 9.29. The zero-order chi connectivity index (χ0) is 21.9. The highest BCUT2D eigenvalue weighted by molar-refractivity contribution is 6.35. The molecule has 1 aliphatic rings. The SMILES string of the molecule is O=C(NCC(F)(F)F)c1ccc(CN(C(=O)Cc2ccc(Cl)cc2Cl)C2CC2)cc1. The lowest BCUT2D eigenvalue weighted by Gasteiger charge is -2.23. The van der Waals surface area contributed by atoms with E-state index in [0.29, 0.717) is 22.2 Å². The standard InChI is InChI=1S/C21H19Cl2F3N2O2/c22-16-6-5-15(18(23)10-16)9-19(29)28(17-7-8-17)11-13-1-3-14(4-2-13)20(30)27-12-21(24,25)26/h1-6,10,17H,7-9,11-12H2,(H,27,30). The highest BCUT2D eigenvalue weighted by atomic mass is 35.5. The molecular weight excluding hydrogens is 440 g/mol. The summed E-state index contributed by atoms with van der Waals surface area (Å²) in [7, 11) is 0. The van der Waals surface area contributed by atoms with Gasteiger partial charge in [-0.15, -0.1) is 0 Å². The molecule has 1 fully saturated rings. The second-order valence-electron chi connectivity index (χ2n) is 7.16. The van der Waals surface area contributed by atoms with Crippen LogP contribution in [0.15, 0.2) is 42.5 Å². The summed E-state index contributed by atoms with van der Waals surface area (Å²) in [5.74, 6) is -0.875. The topological polar surface area (TPSA) is 49.4 Å². The molecule has 0 aliphatic heterocycles. The molecule has 2 amide bonds. The number of alkyl halides is 3. The van der Waals surface area contributed by atoms with Gasteiger partial charge in [0.15, 0.2) is 0 Å². The molecule has 9 heteroatoms. The van der Waals surface area contributed by atoms with Crippen LogP contribution in [0.3, 0.4) is 0 Å². The van der Waals surface area contributed by atoms with Crippen LogP contribution in [0.5, 0.6) is 0 Å². The van der Waals surface area contributed by atoms with E-state index in [4.69, 9.17) is 23.2 Å². The first-order chi connectivity index (χ1) is 14.1. The van der Waals surface area contributed by atoms with Gasteiger partial charge in [0.05, 0.1) is 6.42 Å². The number of rotatable bonds is 7. The van der Waals surface area contributed by atoms with E-state index in [1.54, 1.807) is 35.2 Å². The lowest BCUT2D eigenvalue weighted by Crippen LogP contribution is -2.34. The molecule has 0 bridgehead atoms. The Balaban J connectivity index is 1.64. The molecule has 0 aromatic heterocycles. The fraction of sp³-hybridized carbons (Fsp3) is 0.333. The van der Waals surface area contributed by atoms with Crippen LogP contribution < -0.4 is 5.32 Å². The predicted octanol–water partition coefficient (Wildman–Crippen LogP) is 5.02. The van der Waals surface area contributed by atoms with Gasteiger partial charge in [-0.05, 0) is 48.2 Å². The summed E-state index contributed by atoms with van der Waals surface area (Å²) in [4.78, 5) is 26.4. The van der Waals surface area contributed by atoms with Gasteiger partial charge >= 0.3 is 6.18 Å². The van der Waals surface area contributed by atoms with E-state index >= 15 is 0 Å². The molecule has 30 heavy (non-hydrogen) atoms. The summed E-state index contributed by atoms with van der Waals surface area (Å²) in [6.45, 7) is -1.04. The number of halogens is 5. The molecule has 0 unspecified atom stereocenters. The van der Waals surface area contributed by atoms with Gasteiger partial charge in [-0.2, -0.15) is 13.2 Å². The Morgan fingerprint density at radius 1 is 1.07 bits per heavy atom. The van der Waals surface area contributed by atoms with Gasteiger partial charge in [-0.1, -0.05) is 41.4 Å². The number of carbonyl (C=O) groups is 2. The second-order valence-corrected chi connectivity index (χ2v) is 8.00. The van der Waals surface area contributed by atoms with Crippen molar-refractivity contribution in [3.63, 3.8) is 0 Å². The van der Waals surface area contributed by atoms with Crippen molar-refractivity contribution in [1.29, 1.82) is 0 Å². The van der Waals surface area contributed by atoms with E-state index in [1.807, 2.05) is 5.32 Å². The quantitative estimate of drug-likeness (QED) is 0.633. The number of carbonyl (C=O) groups excluding carboxylic acids is 2. The normalized spacial score (nSPS) is 13.8. The third kappa shape index (κ3) is 6.37. The molecule has 0 saturated heterocycles. The van der Waals surface area contributed by atoms with E-state index in [9.17, 15) is 22.8 Å². The number of hydrogen-bond acceptors (Lipinski definition) is 2. The monoisotopic (exact) mass is 458 g/mol. The Morgan fingerprint density at radius 2 is 1.73 bits per heavy atom. The van der Waals surface area contributed by atoms with Crippen molar-refractivity contribution < 1.29 is 22.8 Å².